The predicted molar refractivity (Wildman–Crippen MR) is 120 cm³/mol. The standard InChI is InChI=1S/C24H23N5O3/c1-31-20-11-3-16(4-12-20)15-22(17-9-13-21(32-2)14-10-17)25-24(30)19-7-5-18(6-8-19)23-26-28-29-27-23/h3-14,22H,15H2,1-2H3,(H,25,30)(H,26,27,28,29)/t22-/m1/s1. The first-order valence-corrected chi connectivity index (χ1v) is 10.1. The highest BCUT2D eigenvalue weighted by Gasteiger charge is 2.17. The fourth-order valence-electron chi connectivity index (χ4n) is 3.38. The van der Waals surface area contributed by atoms with Crippen LogP contribution >= 0.6 is 0 Å². The molecule has 2 N–H and O–H groups in total. The minimum Gasteiger partial charge on any atom is -0.497 e. The monoisotopic (exact) mass is 429 g/mol. The summed E-state index contributed by atoms with van der Waals surface area (Å²) in [5.41, 5.74) is 3.39. The maximum Gasteiger partial charge on any atom is 0.251 e. The average molecular weight is 429 g/mol. The van der Waals surface area contributed by atoms with Crippen molar-refractivity contribution in [2.75, 3.05) is 14.2 Å². The number of carbonyl (C=O) groups excluding carboxylic acids is 1. The number of aromatic amines is 1. The molecule has 162 valence electrons. The molecular formula is C24H23N5O3. The second kappa shape index (κ2) is 9.74. The Kier molecular flexibility index (Phi) is 6.41. The molecule has 4 rings (SSSR count). The number of benzene rings is 3. The number of H-pyrrole nitrogens is 1. The van der Waals surface area contributed by atoms with Crippen molar-refractivity contribution in [1.82, 2.24) is 25.9 Å². The zero-order valence-electron chi connectivity index (χ0n) is 17.8. The average Bonchev–Trinajstić information content (AvgIpc) is 3.39. The zero-order chi connectivity index (χ0) is 22.3. The van der Waals surface area contributed by atoms with Crippen molar-refractivity contribution < 1.29 is 14.3 Å². The van der Waals surface area contributed by atoms with Gasteiger partial charge in [-0.25, -0.2) is 0 Å². The van der Waals surface area contributed by atoms with Crippen molar-refractivity contribution in [3.05, 3.63) is 89.5 Å². The largest absolute Gasteiger partial charge is 0.497 e. The van der Waals surface area contributed by atoms with Crippen LogP contribution in [-0.4, -0.2) is 40.8 Å². The van der Waals surface area contributed by atoms with Crippen molar-refractivity contribution in [3.63, 3.8) is 0 Å². The summed E-state index contributed by atoms with van der Waals surface area (Å²) in [6, 6.07) is 22.4. The van der Waals surface area contributed by atoms with Crippen LogP contribution in [0.5, 0.6) is 11.5 Å². The molecule has 0 aliphatic heterocycles. The van der Waals surface area contributed by atoms with Gasteiger partial charge < -0.3 is 14.8 Å². The third-order valence-electron chi connectivity index (χ3n) is 5.17. The van der Waals surface area contributed by atoms with Gasteiger partial charge >= 0.3 is 0 Å². The fourth-order valence-corrected chi connectivity index (χ4v) is 3.38. The molecule has 32 heavy (non-hydrogen) atoms. The van der Waals surface area contributed by atoms with Crippen LogP contribution in [0.15, 0.2) is 72.8 Å². The van der Waals surface area contributed by atoms with E-state index >= 15 is 0 Å². The van der Waals surface area contributed by atoms with E-state index in [1.165, 1.54) is 0 Å². The molecule has 1 heterocycles. The highest BCUT2D eigenvalue weighted by atomic mass is 16.5. The first kappa shape index (κ1) is 21.0. The number of amides is 1. The van der Waals surface area contributed by atoms with Crippen molar-refractivity contribution in [2.45, 2.75) is 12.5 Å². The van der Waals surface area contributed by atoms with Gasteiger partial charge in [-0.05, 0) is 59.2 Å². The van der Waals surface area contributed by atoms with Gasteiger partial charge in [-0.15, -0.1) is 10.2 Å². The summed E-state index contributed by atoms with van der Waals surface area (Å²) in [7, 11) is 3.27. The minimum atomic E-state index is -0.223. The van der Waals surface area contributed by atoms with Gasteiger partial charge in [0.2, 0.25) is 5.82 Å². The molecule has 1 atom stereocenters. The Morgan fingerprint density at radius 2 is 1.53 bits per heavy atom. The Hall–Kier alpha value is -4.20. The number of ether oxygens (including phenoxy) is 2. The molecule has 0 radical (unpaired) electrons. The van der Waals surface area contributed by atoms with E-state index in [1.807, 2.05) is 48.5 Å². The SMILES string of the molecule is COc1ccc(C[C@@H](NC(=O)c2ccc(-c3nn[nH]n3)cc2)c2ccc(OC)cc2)cc1. The van der Waals surface area contributed by atoms with Crippen LogP contribution in [0.3, 0.4) is 0 Å². The molecule has 0 aliphatic carbocycles. The lowest BCUT2D eigenvalue weighted by Gasteiger charge is -2.20. The van der Waals surface area contributed by atoms with Crippen molar-refractivity contribution in [2.24, 2.45) is 0 Å². The topological polar surface area (TPSA) is 102 Å². The number of nitrogens with zero attached hydrogens (tertiary/aromatic N) is 3. The summed E-state index contributed by atoms with van der Waals surface area (Å²) in [5, 5.41) is 17.0. The molecular weight excluding hydrogens is 406 g/mol. The molecule has 8 nitrogen and oxygen atoms in total. The van der Waals surface area contributed by atoms with Crippen LogP contribution in [0.2, 0.25) is 0 Å². The van der Waals surface area contributed by atoms with E-state index in [2.05, 4.69) is 25.9 Å². The summed E-state index contributed by atoms with van der Waals surface area (Å²) >= 11 is 0. The van der Waals surface area contributed by atoms with Crippen LogP contribution in [-0.2, 0) is 6.42 Å². The second-order valence-electron chi connectivity index (χ2n) is 7.16. The lowest BCUT2D eigenvalue weighted by molar-refractivity contribution is 0.0936. The Morgan fingerprint density at radius 3 is 2.09 bits per heavy atom. The third kappa shape index (κ3) is 4.92. The second-order valence-corrected chi connectivity index (χ2v) is 7.16. The van der Waals surface area contributed by atoms with E-state index in [0.717, 1.165) is 28.2 Å². The number of methoxy groups -OCH3 is 2. The molecule has 4 aromatic rings. The molecule has 0 saturated heterocycles. The lowest BCUT2D eigenvalue weighted by atomic mass is 9.98. The highest BCUT2D eigenvalue weighted by Crippen LogP contribution is 2.23. The number of rotatable bonds is 8. The van der Waals surface area contributed by atoms with Gasteiger partial charge in [-0.1, -0.05) is 36.4 Å². The Labute approximate surface area is 185 Å². The molecule has 0 unspecified atom stereocenters. The first-order valence-electron chi connectivity index (χ1n) is 10.1. The van der Waals surface area contributed by atoms with Crippen molar-refractivity contribution in [1.29, 1.82) is 0 Å². The van der Waals surface area contributed by atoms with Gasteiger partial charge in [0, 0.05) is 11.1 Å². The maximum absolute atomic E-state index is 13.0. The quantitative estimate of drug-likeness (QED) is 0.444. The molecule has 0 fully saturated rings. The third-order valence-corrected chi connectivity index (χ3v) is 5.17. The summed E-state index contributed by atoms with van der Waals surface area (Å²) < 4.78 is 10.5. The van der Waals surface area contributed by atoms with Gasteiger partial charge in [0.05, 0.1) is 20.3 Å². The number of carbonyl (C=O) groups is 1. The minimum absolute atomic E-state index is 0.168. The lowest BCUT2D eigenvalue weighted by Crippen LogP contribution is -2.30. The molecule has 1 amide bonds. The molecule has 3 aromatic carbocycles. The summed E-state index contributed by atoms with van der Waals surface area (Å²) in [4.78, 5) is 13.0. The molecule has 0 aliphatic rings. The Balaban J connectivity index is 1.54. The van der Waals surface area contributed by atoms with Crippen LogP contribution in [0, 0.1) is 0 Å². The number of hydrogen-bond donors (Lipinski definition) is 2. The molecule has 1 aromatic heterocycles. The van der Waals surface area contributed by atoms with E-state index in [9.17, 15) is 4.79 Å². The maximum atomic E-state index is 13.0. The van der Waals surface area contributed by atoms with Gasteiger partial charge in [0.1, 0.15) is 11.5 Å². The predicted octanol–water partition coefficient (Wildman–Crippen LogP) is 3.60. The molecule has 0 saturated carbocycles. The number of tetrazole rings is 1. The van der Waals surface area contributed by atoms with Gasteiger partial charge in [-0.3, -0.25) is 4.79 Å². The molecule has 0 bridgehead atoms. The highest BCUT2D eigenvalue weighted by molar-refractivity contribution is 5.94. The molecule has 8 heteroatoms. The van der Waals surface area contributed by atoms with Crippen LogP contribution in [0.4, 0.5) is 0 Å². The van der Waals surface area contributed by atoms with Crippen molar-refractivity contribution >= 4 is 5.91 Å². The van der Waals surface area contributed by atoms with E-state index in [-0.39, 0.29) is 11.9 Å². The van der Waals surface area contributed by atoms with Crippen LogP contribution in [0.1, 0.15) is 27.5 Å². The van der Waals surface area contributed by atoms with E-state index in [4.69, 9.17) is 9.47 Å². The van der Waals surface area contributed by atoms with E-state index in [1.54, 1.807) is 38.5 Å². The van der Waals surface area contributed by atoms with Gasteiger partial charge in [0.15, 0.2) is 0 Å². The van der Waals surface area contributed by atoms with Crippen molar-refractivity contribution in [3.8, 4) is 22.9 Å². The first-order chi connectivity index (χ1) is 15.7. The summed E-state index contributed by atoms with van der Waals surface area (Å²) in [5.74, 6) is 1.87. The van der Waals surface area contributed by atoms with Crippen LogP contribution < -0.4 is 14.8 Å². The smallest absolute Gasteiger partial charge is 0.251 e. The summed E-state index contributed by atoms with van der Waals surface area (Å²) in [6.07, 6.45) is 0.628. The fraction of sp³-hybridized carbons (Fsp3) is 0.167. The van der Waals surface area contributed by atoms with Crippen LogP contribution in [0.25, 0.3) is 11.4 Å². The van der Waals surface area contributed by atoms with E-state index < -0.39 is 0 Å². The normalized spacial score (nSPS) is 11.6. The number of nitrogens with one attached hydrogen (secondary N) is 2. The van der Waals surface area contributed by atoms with Gasteiger partial charge in [0.25, 0.3) is 5.91 Å². The van der Waals surface area contributed by atoms with Gasteiger partial charge in [-0.2, -0.15) is 5.21 Å². The van der Waals surface area contributed by atoms with E-state index in [0.29, 0.717) is 17.8 Å². The zero-order valence-corrected chi connectivity index (χ0v) is 17.8. The number of aromatic nitrogens is 4. The number of hydrogen-bond acceptors (Lipinski definition) is 6. The Morgan fingerprint density at radius 1 is 0.906 bits per heavy atom. The Bertz CT molecular complexity index is 1140. The molecule has 0 spiro atoms. The summed E-state index contributed by atoms with van der Waals surface area (Å²) in [6.45, 7) is 0.